The molecule has 1 fully saturated rings. The molecule has 2 rings (SSSR count). The minimum absolute atomic E-state index is 0.0174. The van der Waals surface area contributed by atoms with Crippen LogP contribution in [0.15, 0.2) is 18.2 Å². The third-order valence-electron chi connectivity index (χ3n) is 3.50. The molecular formula is C14H17ClINO2. The van der Waals surface area contributed by atoms with Crippen LogP contribution in [0, 0.1) is 3.57 Å². The first kappa shape index (κ1) is 14.9. The SMILES string of the molecule is O=C(c1ccc(I)c(O)c1)N1CCCC1CCCCl. The zero-order valence-corrected chi connectivity index (χ0v) is 13.5. The topological polar surface area (TPSA) is 40.5 Å². The van der Waals surface area contributed by atoms with Gasteiger partial charge in [0.15, 0.2) is 0 Å². The fourth-order valence-corrected chi connectivity index (χ4v) is 3.02. The van der Waals surface area contributed by atoms with E-state index in [-0.39, 0.29) is 11.7 Å². The van der Waals surface area contributed by atoms with Crippen LogP contribution in [-0.4, -0.2) is 34.4 Å². The lowest BCUT2D eigenvalue weighted by Gasteiger charge is -2.24. The molecule has 0 aliphatic carbocycles. The summed E-state index contributed by atoms with van der Waals surface area (Å²) in [5.41, 5.74) is 0.565. The first-order valence-electron chi connectivity index (χ1n) is 6.49. The number of benzene rings is 1. The molecule has 0 aromatic heterocycles. The zero-order chi connectivity index (χ0) is 13.8. The Labute approximate surface area is 132 Å². The predicted molar refractivity (Wildman–Crippen MR) is 84.8 cm³/mol. The van der Waals surface area contributed by atoms with Gasteiger partial charge in [0.25, 0.3) is 5.91 Å². The van der Waals surface area contributed by atoms with E-state index in [4.69, 9.17) is 11.6 Å². The van der Waals surface area contributed by atoms with E-state index in [0.29, 0.717) is 17.5 Å². The second-order valence-corrected chi connectivity index (χ2v) is 6.33. The van der Waals surface area contributed by atoms with Crippen LogP contribution in [-0.2, 0) is 0 Å². The summed E-state index contributed by atoms with van der Waals surface area (Å²) in [6, 6.07) is 5.40. The number of phenolic OH excluding ortho intramolecular Hbond substituents is 1. The normalized spacial score (nSPS) is 18.8. The Bertz CT molecular complexity index is 467. The maximum atomic E-state index is 12.5. The molecule has 1 aromatic rings. The molecule has 104 valence electrons. The average molecular weight is 394 g/mol. The van der Waals surface area contributed by atoms with Crippen molar-refractivity contribution in [3.05, 3.63) is 27.3 Å². The maximum absolute atomic E-state index is 12.5. The van der Waals surface area contributed by atoms with Crippen molar-refractivity contribution in [2.24, 2.45) is 0 Å². The lowest BCUT2D eigenvalue weighted by molar-refractivity contribution is 0.0729. The Morgan fingerprint density at radius 3 is 3.00 bits per heavy atom. The lowest BCUT2D eigenvalue weighted by Crippen LogP contribution is -2.35. The molecule has 1 aliphatic rings. The van der Waals surface area contributed by atoms with E-state index >= 15 is 0 Å². The third kappa shape index (κ3) is 3.54. The summed E-state index contributed by atoms with van der Waals surface area (Å²) < 4.78 is 0.759. The van der Waals surface area contributed by atoms with Gasteiger partial charge in [-0.2, -0.15) is 0 Å². The molecule has 0 spiro atoms. The summed E-state index contributed by atoms with van der Waals surface area (Å²) in [4.78, 5) is 14.4. The molecule has 0 saturated carbocycles. The van der Waals surface area contributed by atoms with E-state index in [1.807, 2.05) is 27.5 Å². The van der Waals surface area contributed by atoms with Crippen LogP contribution >= 0.6 is 34.2 Å². The van der Waals surface area contributed by atoms with E-state index in [2.05, 4.69) is 0 Å². The number of likely N-dealkylation sites (tertiary alicyclic amines) is 1. The molecule has 19 heavy (non-hydrogen) atoms. The maximum Gasteiger partial charge on any atom is 0.254 e. The quantitative estimate of drug-likeness (QED) is 0.627. The van der Waals surface area contributed by atoms with E-state index in [0.717, 1.165) is 35.8 Å². The molecule has 5 heteroatoms. The first-order chi connectivity index (χ1) is 9.13. The Morgan fingerprint density at radius 1 is 1.53 bits per heavy atom. The van der Waals surface area contributed by atoms with Gasteiger partial charge < -0.3 is 10.0 Å². The highest BCUT2D eigenvalue weighted by molar-refractivity contribution is 14.1. The van der Waals surface area contributed by atoms with Crippen molar-refractivity contribution < 1.29 is 9.90 Å². The summed E-state index contributed by atoms with van der Waals surface area (Å²) in [6.07, 6.45) is 4.01. The number of hydrogen-bond donors (Lipinski definition) is 1. The molecule has 1 aromatic carbocycles. The smallest absolute Gasteiger partial charge is 0.254 e. The number of aromatic hydroxyl groups is 1. The number of hydrogen-bond acceptors (Lipinski definition) is 2. The van der Waals surface area contributed by atoms with Gasteiger partial charge in [-0.15, -0.1) is 11.6 Å². The molecule has 1 aliphatic heterocycles. The Balaban J connectivity index is 2.11. The summed E-state index contributed by atoms with van der Waals surface area (Å²) in [6.45, 7) is 0.804. The van der Waals surface area contributed by atoms with E-state index in [9.17, 15) is 9.90 Å². The van der Waals surface area contributed by atoms with Crippen molar-refractivity contribution >= 4 is 40.1 Å². The fourth-order valence-electron chi connectivity index (χ4n) is 2.53. The van der Waals surface area contributed by atoms with Gasteiger partial charge in [-0.1, -0.05) is 0 Å². The molecule has 1 saturated heterocycles. The molecule has 1 amide bonds. The van der Waals surface area contributed by atoms with Gasteiger partial charge in [0, 0.05) is 24.0 Å². The minimum Gasteiger partial charge on any atom is -0.507 e. The summed E-state index contributed by atoms with van der Waals surface area (Å²) >= 11 is 7.77. The molecule has 0 bridgehead atoms. The number of rotatable bonds is 4. The molecule has 0 radical (unpaired) electrons. The number of phenols is 1. The fraction of sp³-hybridized carbons (Fsp3) is 0.500. The molecule has 1 N–H and O–H groups in total. The van der Waals surface area contributed by atoms with Crippen molar-refractivity contribution in [2.45, 2.75) is 31.7 Å². The van der Waals surface area contributed by atoms with Gasteiger partial charge in [0.05, 0.1) is 3.57 Å². The number of amides is 1. The van der Waals surface area contributed by atoms with Gasteiger partial charge in [-0.25, -0.2) is 0 Å². The third-order valence-corrected chi connectivity index (χ3v) is 4.68. The van der Waals surface area contributed by atoms with Crippen LogP contribution < -0.4 is 0 Å². The van der Waals surface area contributed by atoms with Crippen molar-refractivity contribution in [1.29, 1.82) is 0 Å². The van der Waals surface area contributed by atoms with Crippen molar-refractivity contribution in [3.63, 3.8) is 0 Å². The standard InChI is InChI=1S/C14H17ClINO2/c15-7-1-3-11-4-2-8-17(11)14(19)10-5-6-12(16)13(18)9-10/h5-6,9,11,18H,1-4,7-8H2. The highest BCUT2D eigenvalue weighted by Crippen LogP contribution is 2.26. The van der Waals surface area contributed by atoms with Crippen LogP contribution in [0.25, 0.3) is 0 Å². The van der Waals surface area contributed by atoms with Crippen molar-refractivity contribution in [3.8, 4) is 5.75 Å². The zero-order valence-electron chi connectivity index (χ0n) is 10.6. The van der Waals surface area contributed by atoms with Gasteiger partial charge >= 0.3 is 0 Å². The average Bonchev–Trinajstić information content (AvgIpc) is 2.87. The summed E-state index contributed by atoms with van der Waals surface area (Å²) in [7, 11) is 0. The van der Waals surface area contributed by atoms with Gasteiger partial charge in [-0.3, -0.25) is 4.79 Å². The number of nitrogens with zero attached hydrogens (tertiary/aromatic N) is 1. The highest BCUT2D eigenvalue weighted by atomic mass is 127. The molecule has 1 unspecified atom stereocenters. The monoisotopic (exact) mass is 393 g/mol. The summed E-state index contributed by atoms with van der Waals surface area (Å²) in [5.74, 6) is 0.829. The van der Waals surface area contributed by atoms with E-state index < -0.39 is 0 Å². The van der Waals surface area contributed by atoms with Gasteiger partial charge in [0.2, 0.25) is 0 Å². The second-order valence-electron chi connectivity index (χ2n) is 4.79. The van der Waals surface area contributed by atoms with Crippen LogP contribution in [0.4, 0.5) is 0 Å². The number of carbonyl (C=O) groups excluding carboxylic acids is 1. The van der Waals surface area contributed by atoms with Crippen molar-refractivity contribution in [2.75, 3.05) is 12.4 Å². The van der Waals surface area contributed by atoms with Gasteiger partial charge in [0.1, 0.15) is 5.75 Å². The largest absolute Gasteiger partial charge is 0.507 e. The van der Waals surface area contributed by atoms with E-state index in [1.54, 1.807) is 18.2 Å². The predicted octanol–water partition coefficient (Wildman–Crippen LogP) is 3.62. The van der Waals surface area contributed by atoms with Crippen LogP contribution in [0.3, 0.4) is 0 Å². The van der Waals surface area contributed by atoms with Crippen LogP contribution in [0.5, 0.6) is 5.75 Å². The van der Waals surface area contributed by atoms with Gasteiger partial charge in [-0.05, 0) is 66.5 Å². The van der Waals surface area contributed by atoms with Crippen LogP contribution in [0.2, 0.25) is 0 Å². The molecule has 3 nitrogen and oxygen atoms in total. The molecule has 1 heterocycles. The lowest BCUT2D eigenvalue weighted by atomic mass is 10.1. The Hall–Kier alpha value is -0.490. The highest BCUT2D eigenvalue weighted by Gasteiger charge is 2.29. The number of halogens is 2. The number of carbonyl (C=O) groups is 1. The van der Waals surface area contributed by atoms with E-state index in [1.165, 1.54) is 0 Å². The summed E-state index contributed by atoms with van der Waals surface area (Å²) in [5, 5.41) is 9.70. The Kier molecular flexibility index (Phi) is 5.33. The number of alkyl halides is 1. The van der Waals surface area contributed by atoms with Crippen LogP contribution in [0.1, 0.15) is 36.0 Å². The first-order valence-corrected chi connectivity index (χ1v) is 8.10. The second kappa shape index (κ2) is 6.79. The molecule has 1 atom stereocenters. The van der Waals surface area contributed by atoms with Crippen molar-refractivity contribution in [1.82, 2.24) is 4.90 Å². The minimum atomic E-state index is 0.0174. The Morgan fingerprint density at radius 2 is 2.32 bits per heavy atom. The molecular weight excluding hydrogens is 377 g/mol.